The first kappa shape index (κ1) is 24.2. The second-order valence-electron chi connectivity index (χ2n) is 7.71. The number of benzene rings is 2. The molecule has 0 fully saturated rings. The van der Waals surface area contributed by atoms with Crippen molar-refractivity contribution in [2.75, 3.05) is 5.01 Å². The Labute approximate surface area is 203 Å². The van der Waals surface area contributed by atoms with Gasteiger partial charge in [0.15, 0.2) is 5.82 Å². The lowest BCUT2D eigenvalue weighted by Gasteiger charge is -2.24. The Morgan fingerprint density at radius 2 is 1.82 bits per heavy atom. The normalized spacial score (nSPS) is 16.0. The van der Waals surface area contributed by atoms with E-state index < -0.39 is 24.8 Å². The van der Waals surface area contributed by atoms with Crippen molar-refractivity contribution in [3.63, 3.8) is 0 Å². The molecule has 1 N–H and O–H groups in total. The molecule has 2 aromatic carbocycles. The highest BCUT2D eigenvalue weighted by Crippen LogP contribution is 2.25. The molecule has 4 rings (SSSR count). The number of hydrazine groups is 1. The molecule has 1 aromatic heterocycles. The SMILES string of the molecule is CCC1N=C(Cn2nc(-c3ccc(Cl)cc3)n(CCC(F)(F)F)c2=O)NN1c1cccc(Cl)c1. The molecule has 1 aliphatic heterocycles. The van der Waals surface area contributed by atoms with E-state index in [2.05, 4.69) is 15.5 Å². The van der Waals surface area contributed by atoms with Gasteiger partial charge in [-0.05, 0) is 48.9 Å². The monoisotopic (exact) mass is 512 g/mol. The molecular weight excluding hydrogens is 492 g/mol. The second kappa shape index (κ2) is 9.71. The van der Waals surface area contributed by atoms with Crippen LogP contribution in [0.15, 0.2) is 58.3 Å². The minimum atomic E-state index is -4.41. The number of hydrogen-bond donors (Lipinski definition) is 1. The number of aliphatic imine (C=N–C) groups is 1. The number of halogens is 5. The lowest BCUT2D eigenvalue weighted by atomic mass is 10.2. The van der Waals surface area contributed by atoms with Gasteiger partial charge >= 0.3 is 11.9 Å². The van der Waals surface area contributed by atoms with Gasteiger partial charge in [0.2, 0.25) is 0 Å². The van der Waals surface area contributed by atoms with E-state index in [9.17, 15) is 18.0 Å². The van der Waals surface area contributed by atoms with Crippen molar-refractivity contribution < 1.29 is 13.2 Å². The molecule has 7 nitrogen and oxygen atoms in total. The predicted molar refractivity (Wildman–Crippen MR) is 126 cm³/mol. The van der Waals surface area contributed by atoms with Crippen LogP contribution in [0.1, 0.15) is 19.8 Å². The van der Waals surface area contributed by atoms with Crippen molar-refractivity contribution >= 4 is 34.7 Å². The number of rotatable bonds is 7. The van der Waals surface area contributed by atoms with E-state index in [0.717, 1.165) is 14.9 Å². The minimum Gasteiger partial charge on any atom is -0.282 e. The van der Waals surface area contributed by atoms with Gasteiger partial charge in [-0.3, -0.25) is 15.0 Å². The fraction of sp³-hybridized carbons (Fsp3) is 0.318. The Bertz CT molecular complexity index is 1250. The number of anilines is 1. The first-order valence-electron chi connectivity index (χ1n) is 10.5. The van der Waals surface area contributed by atoms with E-state index >= 15 is 0 Å². The van der Waals surface area contributed by atoms with E-state index in [1.807, 2.05) is 24.1 Å². The number of hydrogen-bond acceptors (Lipinski definition) is 5. The van der Waals surface area contributed by atoms with Crippen LogP contribution in [0.2, 0.25) is 10.0 Å². The molecule has 12 heteroatoms. The summed E-state index contributed by atoms with van der Waals surface area (Å²) in [6.07, 6.45) is -5.14. The lowest BCUT2D eigenvalue weighted by Crippen LogP contribution is -2.42. The smallest absolute Gasteiger partial charge is 0.282 e. The highest BCUT2D eigenvalue weighted by molar-refractivity contribution is 6.31. The number of amidine groups is 1. The second-order valence-corrected chi connectivity index (χ2v) is 8.59. The predicted octanol–water partition coefficient (Wildman–Crippen LogP) is 5.13. The van der Waals surface area contributed by atoms with Crippen LogP contribution < -0.4 is 16.1 Å². The van der Waals surface area contributed by atoms with Crippen LogP contribution >= 0.6 is 23.2 Å². The molecule has 0 amide bonds. The van der Waals surface area contributed by atoms with Crippen molar-refractivity contribution in [2.24, 2.45) is 4.99 Å². The quantitative estimate of drug-likeness (QED) is 0.476. The molecule has 180 valence electrons. The summed E-state index contributed by atoms with van der Waals surface area (Å²) in [7, 11) is 0. The van der Waals surface area contributed by atoms with E-state index in [4.69, 9.17) is 23.2 Å². The maximum absolute atomic E-state index is 13.0. The van der Waals surface area contributed by atoms with Gasteiger partial charge < -0.3 is 0 Å². The summed E-state index contributed by atoms with van der Waals surface area (Å²) < 4.78 is 40.9. The third kappa shape index (κ3) is 5.39. The summed E-state index contributed by atoms with van der Waals surface area (Å²) >= 11 is 12.0. The molecule has 34 heavy (non-hydrogen) atoms. The molecule has 1 unspecified atom stereocenters. The Hall–Kier alpha value is -2.98. The highest BCUT2D eigenvalue weighted by atomic mass is 35.5. The molecule has 1 atom stereocenters. The maximum atomic E-state index is 13.0. The Morgan fingerprint density at radius 1 is 1.09 bits per heavy atom. The molecule has 3 aromatic rings. The van der Waals surface area contributed by atoms with Gasteiger partial charge in [-0.25, -0.2) is 14.5 Å². The zero-order chi connectivity index (χ0) is 24.5. The van der Waals surface area contributed by atoms with Gasteiger partial charge in [0.1, 0.15) is 18.5 Å². The Morgan fingerprint density at radius 3 is 2.47 bits per heavy atom. The Balaban J connectivity index is 1.64. The summed E-state index contributed by atoms with van der Waals surface area (Å²) in [5.74, 6) is 0.584. The van der Waals surface area contributed by atoms with Crippen molar-refractivity contribution in [1.29, 1.82) is 0 Å². The first-order valence-corrected chi connectivity index (χ1v) is 11.3. The number of nitrogens with one attached hydrogen (secondary N) is 1. The van der Waals surface area contributed by atoms with E-state index in [-0.39, 0.29) is 18.5 Å². The van der Waals surface area contributed by atoms with Gasteiger partial charge in [-0.15, -0.1) is 5.10 Å². The topological polar surface area (TPSA) is 67.4 Å². The summed E-state index contributed by atoms with van der Waals surface area (Å²) in [6.45, 7) is 1.38. The lowest BCUT2D eigenvalue weighted by molar-refractivity contribution is -0.136. The van der Waals surface area contributed by atoms with Gasteiger partial charge in [0, 0.05) is 22.2 Å². The fourth-order valence-corrected chi connectivity index (χ4v) is 3.94. The van der Waals surface area contributed by atoms with E-state index in [0.29, 0.717) is 27.9 Å². The van der Waals surface area contributed by atoms with Crippen LogP contribution in [-0.2, 0) is 13.1 Å². The minimum absolute atomic E-state index is 0.0357. The summed E-state index contributed by atoms with van der Waals surface area (Å²) in [6, 6.07) is 13.6. The van der Waals surface area contributed by atoms with Crippen molar-refractivity contribution in [1.82, 2.24) is 19.8 Å². The molecule has 1 aliphatic rings. The molecule has 0 radical (unpaired) electrons. The maximum Gasteiger partial charge on any atom is 0.390 e. The van der Waals surface area contributed by atoms with Crippen LogP contribution in [-0.4, -0.2) is 32.5 Å². The van der Waals surface area contributed by atoms with Crippen molar-refractivity contribution in [3.8, 4) is 11.4 Å². The summed E-state index contributed by atoms with van der Waals surface area (Å²) in [5, 5.41) is 7.19. The van der Waals surface area contributed by atoms with Crippen LogP contribution in [0.3, 0.4) is 0 Å². The summed E-state index contributed by atoms with van der Waals surface area (Å²) in [5.41, 5.74) is 3.78. The van der Waals surface area contributed by atoms with E-state index in [1.165, 1.54) is 0 Å². The molecule has 0 spiro atoms. The fourth-order valence-electron chi connectivity index (χ4n) is 3.63. The van der Waals surface area contributed by atoms with Crippen LogP contribution in [0.5, 0.6) is 0 Å². The molecular formula is C22H21Cl2F3N6O. The highest BCUT2D eigenvalue weighted by Gasteiger charge is 2.30. The summed E-state index contributed by atoms with van der Waals surface area (Å²) in [4.78, 5) is 17.7. The zero-order valence-electron chi connectivity index (χ0n) is 18.1. The van der Waals surface area contributed by atoms with Crippen molar-refractivity contribution in [2.45, 2.75) is 45.2 Å². The van der Waals surface area contributed by atoms with Gasteiger partial charge in [-0.1, -0.05) is 36.2 Å². The van der Waals surface area contributed by atoms with Crippen LogP contribution in [0.25, 0.3) is 11.4 Å². The number of aromatic nitrogens is 3. The average molecular weight is 513 g/mol. The third-order valence-corrected chi connectivity index (χ3v) is 5.73. The average Bonchev–Trinajstić information content (AvgIpc) is 3.33. The molecule has 0 saturated carbocycles. The van der Waals surface area contributed by atoms with Crippen LogP contribution in [0, 0.1) is 0 Å². The molecule has 0 aliphatic carbocycles. The largest absolute Gasteiger partial charge is 0.390 e. The molecule has 0 bridgehead atoms. The third-order valence-electron chi connectivity index (χ3n) is 5.25. The number of nitrogens with zero attached hydrogens (tertiary/aromatic N) is 5. The van der Waals surface area contributed by atoms with Gasteiger partial charge in [0.05, 0.1) is 12.1 Å². The van der Waals surface area contributed by atoms with Crippen LogP contribution in [0.4, 0.5) is 18.9 Å². The molecule has 0 saturated heterocycles. The zero-order valence-corrected chi connectivity index (χ0v) is 19.6. The standard InChI is InChI=1S/C22H21Cl2F3N6O/c1-2-19-28-18(29-33(19)17-5-3-4-16(24)12-17)13-32-21(34)31(11-10-22(25,26)27)20(30-32)14-6-8-15(23)9-7-14/h3-9,12,19H,2,10-11,13H2,1H3,(H,28,29). The Kier molecular flexibility index (Phi) is 6.90. The molecule has 2 heterocycles. The van der Waals surface area contributed by atoms with E-state index in [1.54, 1.807) is 36.4 Å². The first-order chi connectivity index (χ1) is 16.1. The van der Waals surface area contributed by atoms with Gasteiger partial charge in [-0.2, -0.15) is 13.2 Å². The number of alkyl halides is 3. The van der Waals surface area contributed by atoms with Crippen molar-refractivity contribution in [3.05, 3.63) is 69.1 Å². The van der Waals surface area contributed by atoms with Gasteiger partial charge in [0.25, 0.3) is 0 Å².